The van der Waals surface area contributed by atoms with Crippen LogP contribution in [0.15, 0.2) is 41.0 Å². The van der Waals surface area contributed by atoms with Crippen LogP contribution < -0.4 is 10.2 Å². The van der Waals surface area contributed by atoms with Crippen LogP contribution in [0.3, 0.4) is 0 Å². The SMILES string of the molecule is O=C(c1occc1CN1C(=O)Cc2ccccc21)N1CCC2(CCNC2)CC1. The van der Waals surface area contributed by atoms with Crippen LogP contribution in [0.25, 0.3) is 0 Å². The summed E-state index contributed by atoms with van der Waals surface area (Å²) in [6, 6.07) is 9.64. The van der Waals surface area contributed by atoms with Gasteiger partial charge in [0, 0.05) is 30.9 Å². The number of rotatable bonds is 3. The average Bonchev–Trinajstić information content (AvgIpc) is 3.43. The van der Waals surface area contributed by atoms with Crippen molar-refractivity contribution < 1.29 is 14.0 Å². The van der Waals surface area contributed by atoms with Gasteiger partial charge in [-0.3, -0.25) is 9.59 Å². The van der Waals surface area contributed by atoms with E-state index in [1.54, 1.807) is 11.2 Å². The Balaban J connectivity index is 1.31. The molecule has 146 valence electrons. The van der Waals surface area contributed by atoms with Crippen molar-refractivity contribution in [3.63, 3.8) is 0 Å². The van der Waals surface area contributed by atoms with E-state index in [0.29, 0.717) is 24.1 Å². The zero-order valence-electron chi connectivity index (χ0n) is 15.9. The molecule has 4 heterocycles. The number of fused-ring (bicyclic) bond motifs is 1. The first-order valence-corrected chi connectivity index (χ1v) is 10.1. The Morgan fingerprint density at radius 3 is 2.75 bits per heavy atom. The van der Waals surface area contributed by atoms with Gasteiger partial charge < -0.3 is 19.5 Å². The summed E-state index contributed by atoms with van der Waals surface area (Å²) in [4.78, 5) is 29.2. The summed E-state index contributed by atoms with van der Waals surface area (Å²) >= 11 is 0. The fraction of sp³-hybridized carbons (Fsp3) is 0.455. The fourth-order valence-corrected chi connectivity index (χ4v) is 4.86. The summed E-state index contributed by atoms with van der Waals surface area (Å²) in [7, 11) is 0. The lowest BCUT2D eigenvalue weighted by Gasteiger charge is -2.38. The minimum atomic E-state index is -0.0549. The summed E-state index contributed by atoms with van der Waals surface area (Å²) in [6.45, 7) is 4.06. The number of anilines is 1. The Morgan fingerprint density at radius 1 is 1.14 bits per heavy atom. The molecule has 2 fully saturated rings. The molecule has 5 rings (SSSR count). The van der Waals surface area contributed by atoms with E-state index >= 15 is 0 Å². The lowest BCUT2D eigenvalue weighted by molar-refractivity contribution is -0.117. The molecule has 28 heavy (non-hydrogen) atoms. The van der Waals surface area contributed by atoms with Gasteiger partial charge in [0.15, 0.2) is 5.76 Å². The van der Waals surface area contributed by atoms with E-state index in [2.05, 4.69) is 5.32 Å². The zero-order chi connectivity index (χ0) is 19.1. The van der Waals surface area contributed by atoms with Crippen molar-refractivity contribution in [1.29, 1.82) is 0 Å². The standard InChI is InChI=1S/C22H25N3O3/c26-19-13-16-3-1-2-4-18(16)25(19)14-17-5-12-28-20(17)21(27)24-10-7-22(8-11-24)6-9-23-15-22/h1-5,12,23H,6-11,13-15H2. The highest BCUT2D eigenvalue weighted by atomic mass is 16.3. The topological polar surface area (TPSA) is 65.8 Å². The van der Waals surface area contributed by atoms with Gasteiger partial charge in [0.25, 0.3) is 5.91 Å². The first-order chi connectivity index (χ1) is 13.7. The number of hydrogen-bond acceptors (Lipinski definition) is 4. The molecule has 1 spiro atoms. The predicted octanol–water partition coefficient (Wildman–Crippen LogP) is 2.58. The van der Waals surface area contributed by atoms with Crippen molar-refractivity contribution in [3.8, 4) is 0 Å². The third kappa shape index (κ3) is 2.92. The second-order valence-corrected chi connectivity index (χ2v) is 8.28. The van der Waals surface area contributed by atoms with Gasteiger partial charge in [0.2, 0.25) is 5.91 Å². The number of piperidine rings is 1. The van der Waals surface area contributed by atoms with Crippen molar-refractivity contribution >= 4 is 17.5 Å². The lowest BCUT2D eigenvalue weighted by Crippen LogP contribution is -2.44. The van der Waals surface area contributed by atoms with Gasteiger partial charge in [-0.2, -0.15) is 0 Å². The first-order valence-electron chi connectivity index (χ1n) is 10.1. The molecule has 0 saturated carbocycles. The second kappa shape index (κ2) is 6.78. The van der Waals surface area contributed by atoms with Crippen molar-refractivity contribution in [2.75, 3.05) is 31.1 Å². The van der Waals surface area contributed by atoms with Gasteiger partial charge in [-0.05, 0) is 48.9 Å². The van der Waals surface area contributed by atoms with Gasteiger partial charge in [-0.25, -0.2) is 0 Å². The van der Waals surface area contributed by atoms with Crippen molar-refractivity contribution in [1.82, 2.24) is 10.2 Å². The highest BCUT2D eigenvalue weighted by Crippen LogP contribution is 2.37. The number of furan rings is 1. The molecule has 2 amide bonds. The normalized spacial score (nSPS) is 20.8. The zero-order valence-corrected chi connectivity index (χ0v) is 15.9. The quantitative estimate of drug-likeness (QED) is 0.890. The van der Waals surface area contributed by atoms with Crippen molar-refractivity contribution in [3.05, 3.63) is 53.5 Å². The largest absolute Gasteiger partial charge is 0.459 e. The Labute approximate surface area is 164 Å². The van der Waals surface area contributed by atoms with Crippen LogP contribution in [0.2, 0.25) is 0 Å². The smallest absolute Gasteiger partial charge is 0.289 e. The number of nitrogens with zero attached hydrogens (tertiary/aromatic N) is 2. The minimum Gasteiger partial charge on any atom is -0.459 e. The first kappa shape index (κ1) is 17.5. The molecule has 2 aromatic rings. The molecular formula is C22H25N3O3. The summed E-state index contributed by atoms with van der Waals surface area (Å²) in [5.41, 5.74) is 3.11. The van der Waals surface area contributed by atoms with E-state index in [9.17, 15) is 9.59 Å². The molecule has 0 radical (unpaired) electrons. The van der Waals surface area contributed by atoms with Crippen LogP contribution in [0.1, 0.15) is 40.9 Å². The van der Waals surface area contributed by atoms with E-state index in [1.165, 1.54) is 6.42 Å². The fourth-order valence-electron chi connectivity index (χ4n) is 4.86. The van der Waals surface area contributed by atoms with Crippen molar-refractivity contribution in [2.24, 2.45) is 5.41 Å². The van der Waals surface area contributed by atoms with Crippen LogP contribution in [0, 0.1) is 5.41 Å². The van der Waals surface area contributed by atoms with Gasteiger partial charge in [-0.15, -0.1) is 0 Å². The number of carbonyl (C=O) groups excluding carboxylic acids is 2. The van der Waals surface area contributed by atoms with E-state index < -0.39 is 0 Å². The molecule has 2 saturated heterocycles. The van der Waals surface area contributed by atoms with Gasteiger partial charge in [0.05, 0.1) is 19.2 Å². The van der Waals surface area contributed by atoms with E-state index in [1.807, 2.05) is 35.2 Å². The predicted molar refractivity (Wildman–Crippen MR) is 105 cm³/mol. The Kier molecular flexibility index (Phi) is 4.23. The van der Waals surface area contributed by atoms with Gasteiger partial charge >= 0.3 is 0 Å². The number of likely N-dealkylation sites (tertiary alicyclic amines) is 1. The molecular weight excluding hydrogens is 354 g/mol. The Bertz CT molecular complexity index is 903. The average molecular weight is 379 g/mol. The van der Waals surface area contributed by atoms with Crippen LogP contribution in [-0.2, 0) is 17.8 Å². The highest BCUT2D eigenvalue weighted by molar-refractivity contribution is 6.01. The number of para-hydroxylation sites is 1. The molecule has 6 nitrogen and oxygen atoms in total. The summed E-state index contributed by atoms with van der Waals surface area (Å²) in [5.74, 6) is 0.382. The lowest BCUT2D eigenvalue weighted by atomic mass is 9.78. The minimum absolute atomic E-state index is 0.0549. The molecule has 0 bridgehead atoms. The van der Waals surface area contributed by atoms with Crippen LogP contribution in [0.5, 0.6) is 0 Å². The number of nitrogens with one attached hydrogen (secondary N) is 1. The maximum absolute atomic E-state index is 13.1. The molecule has 6 heteroatoms. The molecule has 1 aromatic carbocycles. The Morgan fingerprint density at radius 2 is 1.96 bits per heavy atom. The highest BCUT2D eigenvalue weighted by Gasteiger charge is 2.39. The Hall–Kier alpha value is -2.60. The van der Waals surface area contributed by atoms with E-state index in [-0.39, 0.29) is 11.8 Å². The molecule has 0 aliphatic carbocycles. The third-order valence-electron chi connectivity index (χ3n) is 6.64. The molecule has 1 aromatic heterocycles. The summed E-state index contributed by atoms with van der Waals surface area (Å²) in [5, 5.41) is 3.46. The second-order valence-electron chi connectivity index (χ2n) is 8.28. The summed E-state index contributed by atoms with van der Waals surface area (Å²) < 4.78 is 5.59. The van der Waals surface area contributed by atoms with Crippen LogP contribution >= 0.6 is 0 Å². The number of carbonyl (C=O) groups is 2. The molecule has 1 N–H and O–H groups in total. The van der Waals surface area contributed by atoms with E-state index in [0.717, 1.165) is 55.8 Å². The monoisotopic (exact) mass is 379 g/mol. The maximum Gasteiger partial charge on any atom is 0.289 e. The number of hydrogen-bond donors (Lipinski definition) is 1. The van der Waals surface area contributed by atoms with Gasteiger partial charge in [-0.1, -0.05) is 18.2 Å². The molecule has 3 aliphatic heterocycles. The number of benzene rings is 1. The number of amides is 2. The molecule has 3 aliphatic rings. The van der Waals surface area contributed by atoms with Gasteiger partial charge in [0.1, 0.15) is 0 Å². The molecule has 0 unspecified atom stereocenters. The van der Waals surface area contributed by atoms with Crippen LogP contribution in [-0.4, -0.2) is 42.9 Å². The van der Waals surface area contributed by atoms with E-state index in [4.69, 9.17) is 4.42 Å². The molecule has 0 atom stereocenters. The van der Waals surface area contributed by atoms with Crippen LogP contribution in [0.4, 0.5) is 5.69 Å². The van der Waals surface area contributed by atoms with Crippen molar-refractivity contribution in [2.45, 2.75) is 32.2 Å². The summed E-state index contributed by atoms with van der Waals surface area (Å²) in [6.07, 6.45) is 5.26. The maximum atomic E-state index is 13.1. The third-order valence-corrected chi connectivity index (χ3v) is 6.64.